The Balaban J connectivity index is 3.38. The third kappa shape index (κ3) is 1.95. The summed E-state index contributed by atoms with van der Waals surface area (Å²) in [6, 6.07) is 2.41. The molecule has 13 heavy (non-hydrogen) atoms. The van der Waals surface area contributed by atoms with Gasteiger partial charge in [0, 0.05) is 17.6 Å². The average molecular weight is 249 g/mol. The molecule has 1 aromatic carbocycles. The van der Waals surface area contributed by atoms with Gasteiger partial charge in [0.1, 0.15) is 5.69 Å². The highest BCUT2D eigenvalue weighted by Crippen LogP contribution is 2.30. The molecule has 0 aliphatic heterocycles. The number of anilines is 1. The molecule has 0 radical (unpaired) electrons. The van der Waals surface area contributed by atoms with Crippen LogP contribution in [0.4, 0.5) is 15.8 Å². The Morgan fingerprint density at radius 1 is 1.62 bits per heavy atom. The molecule has 0 amide bonds. The highest BCUT2D eigenvalue weighted by atomic mass is 79.9. The third-order valence-electron chi connectivity index (χ3n) is 1.48. The van der Waals surface area contributed by atoms with Crippen molar-refractivity contribution >= 4 is 27.3 Å². The largest absolute Gasteiger partial charge is 0.380 e. The zero-order valence-corrected chi connectivity index (χ0v) is 8.26. The lowest BCUT2D eigenvalue weighted by molar-refractivity contribution is -0.384. The van der Waals surface area contributed by atoms with Crippen molar-refractivity contribution in [1.29, 1.82) is 0 Å². The minimum atomic E-state index is -0.649. The minimum absolute atomic E-state index is 0.104. The lowest BCUT2D eigenvalue weighted by Crippen LogP contribution is -1.99. The Bertz CT molecular complexity index is 357. The predicted molar refractivity (Wildman–Crippen MR) is 50.3 cm³/mol. The molecule has 0 spiro atoms. The predicted octanol–water partition coefficient (Wildman–Crippen LogP) is 2.54. The fourth-order valence-corrected chi connectivity index (χ4v) is 1.37. The first kappa shape index (κ1) is 9.91. The van der Waals surface area contributed by atoms with Crippen molar-refractivity contribution in [2.45, 2.75) is 0 Å². The highest BCUT2D eigenvalue weighted by Gasteiger charge is 2.17. The first-order valence-corrected chi connectivity index (χ1v) is 4.16. The first-order valence-electron chi connectivity index (χ1n) is 3.37. The van der Waals surface area contributed by atoms with E-state index in [9.17, 15) is 14.5 Å². The van der Waals surface area contributed by atoms with E-state index < -0.39 is 10.7 Å². The molecular weight excluding hydrogens is 243 g/mol. The molecule has 0 bridgehead atoms. The van der Waals surface area contributed by atoms with E-state index >= 15 is 0 Å². The van der Waals surface area contributed by atoms with Crippen molar-refractivity contribution in [3.63, 3.8) is 0 Å². The van der Waals surface area contributed by atoms with Gasteiger partial charge in [0.15, 0.2) is 5.82 Å². The second kappa shape index (κ2) is 3.69. The van der Waals surface area contributed by atoms with Gasteiger partial charge in [0.25, 0.3) is 5.69 Å². The van der Waals surface area contributed by atoms with E-state index in [4.69, 9.17) is 0 Å². The molecule has 0 atom stereocenters. The topological polar surface area (TPSA) is 55.2 Å². The van der Waals surface area contributed by atoms with Gasteiger partial charge in [-0.2, -0.15) is 0 Å². The number of nitro groups is 1. The summed E-state index contributed by atoms with van der Waals surface area (Å²) in [5, 5.41) is 12.9. The molecule has 70 valence electrons. The van der Waals surface area contributed by atoms with Crippen LogP contribution in [0, 0.1) is 15.9 Å². The first-order chi connectivity index (χ1) is 6.06. The molecule has 0 aliphatic rings. The summed E-state index contributed by atoms with van der Waals surface area (Å²) >= 11 is 2.97. The summed E-state index contributed by atoms with van der Waals surface area (Å²) in [6.45, 7) is 0. The summed E-state index contributed by atoms with van der Waals surface area (Å²) in [5.41, 5.74) is -0.387. The van der Waals surface area contributed by atoms with Crippen molar-refractivity contribution in [2.75, 3.05) is 12.4 Å². The van der Waals surface area contributed by atoms with Crippen LogP contribution < -0.4 is 5.32 Å². The Morgan fingerprint density at radius 2 is 2.23 bits per heavy atom. The van der Waals surface area contributed by atoms with Crippen LogP contribution in [0.5, 0.6) is 0 Å². The number of benzene rings is 1. The number of nitro benzene ring substituents is 1. The molecule has 1 rings (SSSR count). The third-order valence-corrected chi connectivity index (χ3v) is 1.94. The van der Waals surface area contributed by atoms with Gasteiger partial charge in [-0.15, -0.1) is 0 Å². The van der Waals surface area contributed by atoms with Crippen molar-refractivity contribution in [1.82, 2.24) is 0 Å². The van der Waals surface area contributed by atoms with Crippen LogP contribution in [-0.4, -0.2) is 12.0 Å². The Hall–Kier alpha value is -1.17. The van der Waals surface area contributed by atoms with Gasteiger partial charge in [-0.1, -0.05) is 15.9 Å². The van der Waals surface area contributed by atoms with Crippen LogP contribution >= 0.6 is 15.9 Å². The average Bonchev–Trinajstić information content (AvgIpc) is 2.02. The molecule has 1 N–H and O–H groups in total. The SMILES string of the molecule is CNc1c(F)cc(Br)cc1[N+](=O)[O-]. The van der Waals surface area contributed by atoms with E-state index in [1.165, 1.54) is 19.2 Å². The molecule has 6 heteroatoms. The molecule has 0 saturated carbocycles. The number of halogens is 2. The van der Waals surface area contributed by atoms with Crippen molar-refractivity contribution in [3.8, 4) is 0 Å². The summed E-state index contributed by atoms with van der Waals surface area (Å²) < 4.78 is 13.4. The number of rotatable bonds is 2. The van der Waals surface area contributed by atoms with E-state index in [0.717, 1.165) is 0 Å². The summed E-state index contributed by atoms with van der Waals surface area (Å²) in [6.07, 6.45) is 0. The monoisotopic (exact) mass is 248 g/mol. The highest BCUT2D eigenvalue weighted by molar-refractivity contribution is 9.10. The molecule has 0 aliphatic carbocycles. The number of hydrogen-bond donors (Lipinski definition) is 1. The van der Waals surface area contributed by atoms with Crippen molar-refractivity contribution in [2.24, 2.45) is 0 Å². The van der Waals surface area contributed by atoms with E-state index in [1.54, 1.807) is 0 Å². The molecule has 0 saturated heterocycles. The van der Waals surface area contributed by atoms with Crippen LogP contribution in [0.25, 0.3) is 0 Å². The number of hydrogen-bond acceptors (Lipinski definition) is 3. The zero-order chi connectivity index (χ0) is 10.0. The Kier molecular flexibility index (Phi) is 2.82. The quantitative estimate of drug-likeness (QED) is 0.647. The van der Waals surface area contributed by atoms with E-state index in [0.29, 0.717) is 4.47 Å². The van der Waals surface area contributed by atoms with Crippen LogP contribution in [0.15, 0.2) is 16.6 Å². The van der Waals surface area contributed by atoms with Crippen LogP contribution in [-0.2, 0) is 0 Å². The standard InChI is InChI=1S/C7H6BrFN2O2/c1-10-7-5(9)2-4(8)3-6(7)11(12)13/h2-3,10H,1H3. The van der Waals surface area contributed by atoms with Crippen LogP contribution in [0.2, 0.25) is 0 Å². The molecule has 0 heterocycles. The second-order valence-electron chi connectivity index (χ2n) is 2.29. The molecule has 0 aromatic heterocycles. The fraction of sp³-hybridized carbons (Fsp3) is 0.143. The van der Waals surface area contributed by atoms with Gasteiger partial charge in [0.2, 0.25) is 0 Å². The van der Waals surface area contributed by atoms with Gasteiger partial charge in [-0.3, -0.25) is 10.1 Å². The van der Waals surface area contributed by atoms with Crippen LogP contribution in [0.3, 0.4) is 0 Å². The van der Waals surface area contributed by atoms with Crippen LogP contribution in [0.1, 0.15) is 0 Å². The molecule has 4 nitrogen and oxygen atoms in total. The van der Waals surface area contributed by atoms with Crippen molar-refractivity contribution < 1.29 is 9.31 Å². The lowest BCUT2D eigenvalue weighted by Gasteiger charge is -2.03. The number of nitrogens with zero attached hydrogens (tertiary/aromatic N) is 1. The fourth-order valence-electron chi connectivity index (χ4n) is 0.951. The van der Waals surface area contributed by atoms with Gasteiger partial charge in [-0.05, 0) is 6.07 Å². The Labute approximate surface area is 82.0 Å². The van der Waals surface area contributed by atoms with Gasteiger partial charge in [-0.25, -0.2) is 4.39 Å². The van der Waals surface area contributed by atoms with E-state index in [-0.39, 0.29) is 11.4 Å². The van der Waals surface area contributed by atoms with Gasteiger partial charge >= 0.3 is 0 Å². The maximum absolute atomic E-state index is 13.1. The summed E-state index contributed by atoms with van der Waals surface area (Å²) in [5.74, 6) is -0.649. The number of nitrogens with one attached hydrogen (secondary N) is 1. The maximum Gasteiger partial charge on any atom is 0.296 e. The molecule has 0 fully saturated rings. The van der Waals surface area contributed by atoms with Gasteiger partial charge < -0.3 is 5.32 Å². The minimum Gasteiger partial charge on any atom is -0.380 e. The maximum atomic E-state index is 13.1. The smallest absolute Gasteiger partial charge is 0.296 e. The summed E-state index contributed by atoms with van der Waals surface area (Å²) in [7, 11) is 1.43. The molecular formula is C7H6BrFN2O2. The van der Waals surface area contributed by atoms with Crippen molar-refractivity contribution in [3.05, 3.63) is 32.5 Å². The molecule has 1 aromatic rings. The van der Waals surface area contributed by atoms with Gasteiger partial charge in [0.05, 0.1) is 4.92 Å². The normalized spacial score (nSPS) is 9.77. The van der Waals surface area contributed by atoms with E-state index in [1.807, 2.05) is 0 Å². The van der Waals surface area contributed by atoms with E-state index in [2.05, 4.69) is 21.2 Å². The summed E-state index contributed by atoms with van der Waals surface area (Å²) in [4.78, 5) is 9.82. The molecule has 0 unspecified atom stereocenters. The Morgan fingerprint density at radius 3 is 2.69 bits per heavy atom. The second-order valence-corrected chi connectivity index (χ2v) is 3.20. The zero-order valence-electron chi connectivity index (χ0n) is 6.67. The lowest BCUT2D eigenvalue weighted by atomic mass is 10.2.